The number of hydrogen-bond acceptors (Lipinski definition) is 4. The third-order valence-corrected chi connectivity index (χ3v) is 8.96. The molecule has 0 radical (unpaired) electrons. The van der Waals surface area contributed by atoms with Gasteiger partial charge in [-0.15, -0.1) is 0 Å². The second-order valence-corrected chi connectivity index (χ2v) is 12.7. The van der Waals surface area contributed by atoms with E-state index in [9.17, 15) is 18.0 Å². The minimum absolute atomic E-state index is 0.0972. The number of nitrogens with one attached hydrogen (secondary N) is 1. The number of anilines is 1. The van der Waals surface area contributed by atoms with Crippen molar-refractivity contribution in [3.05, 3.63) is 94.5 Å². The van der Waals surface area contributed by atoms with Crippen molar-refractivity contribution in [2.45, 2.75) is 65.9 Å². The van der Waals surface area contributed by atoms with Crippen LogP contribution < -0.4 is 9.62 Å². The zero-order valence-corrected chi connectivity index (χ0v) is 25.4. The predicted octanol–water partition coefficient (Wildman–Crippen LogP) is 5.31. The van der Waals surface area contributed by atoms with Crippen molar-refractivity contribution in [3.63, 3.8) is 0 Å². The molecular weight excluding hydrogens is 522 g/mol. The molecule has 0 aliphatic heterocycles. The monoisotopic (exact) mass is 563 g/mol. The summed E-state index contributed by atoms with van der Waals surface area (Å²) < 4.78 is 29.2. The van der Waals surface area contributed by atoms with Crippen LogP contribution in [0.1, 0.15) is 48.6 Å². The maximum atomic E-state index is 14.1. The zero-order valence-electron chi connectivity index (χ0n) is 24.6. The number of carbonyl (C=O) groups excluding carboxylic acids is 2. The first-order chi connectivity index (χ1) is 18.8. The van der Waals surface area contributed by atoms with Crippen LogP contribution in [0.2, 0.25) is 0 Å². The van der Waals surface area contributed by atoms with E-state index in [1.54, 1.807) is 43.3 Å². The lowest BCUT2D eigenvalue weighted by Crippen LogP contribution is -2.51. The molecule has 1 N–H and O–H groups in total. The smallest absolute Gasteiger partial charge is 0.264 e. The van der Waals surface area contributed by atoms with Gasteiger partial charge in [0.15, 0.2) is 0 Å². The third-order valence-electron chi connectivity index (χ3n) is 7.19. The van der Waals surface area contributed by atoms with Gasteiger partial charge in [-0.25, -0.2) is 8.42 Å². The van der Waals surface area contributed by atoms with Crippen LogP contribution in [0.4, 0.5) is 5.69 Å². The van der Waals surface area contributed by atoms with Crippen LogP contribution in [0.15, 0.2) is 71.6 Å². The molecule has 7 nitrogen and oxygen atoms in total. The van der Waals surface area contributed by atoms with Crippen molar-refractivity contribution in [2.75, 3.05) is 17.4 Å². The molecule has 0 saturated heterocycles. The summed E-state index contributed by atoms with van der Waals surface area (Å²) in [6.07, 6.45) is 0. The van der Waals surface area contributed by atoms with Gasteiger partial charge in [-0.1, -0.05) is 67.9 Å². The summed E-state index contributed by atoms with van der Waals surface area (Å²) in [4.78, 5) is 28.8. The molecule has 0 aliphatic rings. The van der Waals surface area contributed by atoms with Crippen LogP contribution in [0, 0.1) is 33.6 Å². The van der Waals surface area contributed by atoms with Gasteiger partial charge < -0.3 is 10.2 Å². The Morgan fingerprint density at radius 2 is 1.45 bits per heavy atom. The van der Waals surface area contributed by atoms with Crippen LogP contribution in [0.5, 0.6) is 0 Å². The Balaban J connectivity index is 2.07. The maximum Gasteiger partial charge on any atom is 0.264 e. The van der Waals surface area contributed by atoms with Crippen LogP contribution in [0.3, 0.4) is 0 Å². The first kappa shape index (κ1) is 30.9. The van der Waals surface area contributed by atoms with Gasteiger partial charge in [-0.3, -0.25) is 13.9 Å². The van der Waals surface area contributed by atoms with Gasteiger partial charge in [0.05, 0.1) is 10.6 Å². The predicted molar refractivity (Wildman–Crippen MR) is 161 cm³/mol. The molecule has 0 fully saturated rings. The molecule has 214 valence electrons. The lowest BCUT2D eigenvalue weighted by atomic mass is 10.1. The molecule has 3 aromatic rings. The molecule has 3 aromatic carbocycles. The Morgan fingerprint density at radius 1 is 0.825 bits per heavy atom. The normalized spacial score (nSPS) is 12.2. The molecule has 0 spiro atoms. The highest BCUT2D eigenvalue weighted by atomic mass is 32.2. The van der Waals surface area contributed by atoms with Crippen molar-refractivity contribution in [1.29, 1.82) is 0 Å². The highest BCUT2D eigenvalue weighted by molar-refractivity contribution is 7.92. The SMILES string of the molecule is Cc1ccc(S(=O)(=O)N(CC(=O)N(Cc2ccccc2C)C(C)C(=O)NCC(C)C)c2cccc(C)c2C)cc1. The van der Waals surface area contributed by atoms with Gasteiger partial charge in [0.2, 0.25) is 11.8 Å². The van der Waals surface area contributed by atoms with Crippen molar-refractivity contribution in [2.24, 2.45) is 5.92 Å². The molecule has 0 aliphatic carbocycles. The fourth-order valence-electron chi connectivity index (χ4n) is 4.36. The van der Waals surface area contributed by atoms with E-state index < -0.39 is 28.5 Å². The van der Waals surface area contributed by atoms with Gasteiger partial charge in [0.25, 0.3) is 10.0 Å². The molecule has 2 amide bonds. The van der Waals surface area contributed by atoms with Crippen LogP contribution in [0.25, 0.3) is 0 Å². The van der Waals surface area contributed by atoms with Crippen molar-refractivity contribution in [3.8, 4) is 0 Å². The molecule has 0 bridgehead atoms. The van der Waals surface area contributed by atoms with E-state index >= 15 is 0 Å². The number of nitrogens with zero attached hydrogens (tertiary/aromatic N) is 2. The maximum absolute atomic E-state index is 14.1. The van der Waals surface area contributed by atoms with E-state index in [2.05, 4.69) is 5.32 Å². The third kappa shape index (κ3) is 7.30. The molecule has 8 heteroatoms. The fourth-order valence-corrected chi connectivity index (χ4v) is 5.83. The average Bonchev–Trinajstić information content (AvgIpc) is 2.91. The van der Waals surface area contributed by atoms with Gasteiger partial charge in [0, 0.05) is 13.1 Å². The van der Waals surface area contributed by atoms with Crippen molar-refractivity contribution < 1.29 is 18.0 Å². The Labute approximate surface area is 239 Å². The summed E-state index contributed by atoms with van der Waals surface area (Å²) in [6.45, 7) is 13.5. The molecule has 0 aromatic heterocycles. The van der Waals surface area contributed by atoms with Gasteiger partial charge in [-0.2, -0.15) is 0 Å². The van der Waals surface area contributed by atoms with E-state index in [0.717, 1.165) is 27.8 Å². The van der Waals surface area contributed by atoms with Crippen LogP contribution in [-0.4, -0.2) is 44.3 Å². The number of hydrogen-bond donors (Lipinski definition) is 1. The number of benzene rings is 3. The molecule has 1 unspecified atom stereocenters. The second-order valence-electron chi connectivity index (χ2n) is 10.8. The number of aryl methyl sites for hydroxylation is 3. The highest BCUT2D eigenvalue weighted by Crippen LogP contribution is 2.29. The summed E-state index contributed by atoms with van der Waals surface area (Å²) in [5.74, 6) is -0.501. The van der Waals surface area contributed by atoms with E-state index in [0.29, 0.717) is 12.2 Å². The quantitative estimate of drug-likeness (QED) is 0.343. The highest BCUT2D eigenvalue weighted by Gasteiger charge is 2.33. The Kier molecular flexibility index (Phi) is 10.1. The molecule has 0 saturated carbocycles. The van der Waals surface area contributed by atoms with Crippen molar-refractivity contribution >= 4 is 27.5 Å². The summed E-state index contributed by atoms with van der Waals surface area (Å²) in [5, 5.41) is 2.92. The average molecular weight is 564 g/mol. The summed E-state index contributed by atoms with van der Waals surface area (Å²) in [5.41, 5.74) is 4.90. The van der Waals surface area contributed by atoms with Gasteiger partial charge in [0.1, 0.15) is 12.6 Å². The van der Waals surface area contributed by atoms with Crippen molar-refractivity contribution in [1.82, 2.24) is 10.2 Å². The minimum atomic E-state index is -4.10. The largest absolute Gasteiger partial charge is 0.354 e. The lowest BCUT2D eigenvalue weighted by Gasteiger charge is -2.33. The molecular formula is C32H41N3O4S. The van der Waals surface area contributed by atoms with E-state index in [1.165, 1.54) is 9.21 Å². The molecule has 0 heterocycles. The number of sulfonamides is 1. The lowest BCUT2D eigenvalue weighted by molar-refractivity contribution is -0.139. The first-order valence-corrected chi connectivity index (χ1v) is 15.0. The van der Waals surface area contributed by atoms with Crippen LogP contribution in [-0.2, 0) is 26.2 Å². The van der Waals surface area contributed by atoms with E-state index in [4.69, 9.17) is 0 Å². The van der Waals surface area contributed by atoms with Crippen LogP contribution >= 0.6 is 0 Å². The van der Waals surface area contributed by atoms with Gasteiger partial charge in [-0.05, 0) is 81.0 Å². The minimum Gasteiger partial charge on any atom is -0.354 e. The van der Waals surface area contributed by atoms with E-state index in [-0.39, 0.29) is 23.3 Å². The van der Waals surface area contributed by atoms with Gasteiger partial charge >= 0.3 is 0 Å². The molecule has 40 heavy (non-hydrogen) atoms. The Bertz CT molecular complexity index is 1450. The topological polar surface area (TPSA) is 86.8 Å². The summed E-state index contributed by atoms with van der Waals surface area (Å²) in [6, 6.07) is 18.9. The number of amides is 2. The molecule has 3 rings (SSSR count). The second kappa shape index (κ2) is 13.1. The fraction of sp³-hybridized carbons (Fsp3) is 0.375. The number of carbonyl (C=O) groups is 2. The van der Waals surface area contributed by atoms with E-state index in [1.807, 2.05) is 71.9 Å². The zero-order chi connectivity index (χ0) is 29.6. The summed E-state index contributed by atoms with van der Waals surface area (Å²) >= 11 is 0. The molecule has 1 atom stereocenters. The Morgan fingerprint density at radius 3 is 2.08 bits per heavy atom. The number of rotatable bonds is 11. The Hall–Kier alpha value is -3.65. The summed E-state index contributed by atoms with van der Waals surface area (Å²) in [7, 11) is -4.10. The first-order valence-electron chi connectivity index (χ1n) is 13.6. The standard InChI is InChI=1S/C32H41N3O4S/c1-22(2)19-33-32(37)27(7)34(20-28-13-9-8-11-25(28)5)31(36)21-35(30-14-10-12-24(4)26(30)6)40(38,39)29-17-15-23(3)16-18-29/h8-18,22,27H,19-21H2,1-7H3,(H,33,37).